The molecule has 0 aliphatic rings. The van der Waals surface area contributed by atoms with E-state index in [-0.39, 0.29) is 0 Å². The molecule has 6 heteroatoms. The van der Waals surface area contributed by atoms with Gasteiger partial charge in [-0.1, -0.05) is 6.92 Å². The molecule has 1 N–H and O–H groups in total. The fourth-order valence-corrected chi connectivity index (χ4v) is 1.32. The van der Waals surface area contributed by atoms with Gasteiger partial charge in [-0.05, 0) is 11.6 Å². The summed E-state index contributed by atoms with van der Waals surface area (Å²) in [5.41, 5.74) is 1.92. The average Bonchev–Trinajstić information content (AvgIpc) is 2.71. The molecule has 2 rings (SSSR count). The molecular formula is C7H10N6. The minimum Gasteiger partial charge on any atom is -0.337 e. The molecule has 0 radical (unpaired) electrons. The molecular weight excluding hydrogens is 168 g/mol. The number of imidazole rings is 1. The number of tetrazole rings is 1. The fourth-order valence-electron chi connectivity index (χ4n) is 1.32. The molecule has 68 valence electrons. The van der Waals surface area contributed by atoms with Crippen molar-refractivity contribution in [1.82, 2.24) is 30.2 Å². The molecule has 0 bridgehead atoms. The third kappa shape index (κ3) is 1.20. The smallest absolute Gasteiger partial charge is 0.224 e. The molecule has 2 aromatic rings. The predicted octanol–water partition coefficient (Wildman–Crippen LogP) is 0.163. The van der Waals surface area contributed by atoms with Gasteiger partial charge >= 0.3 is 0 Å². The summed E-state index contributed by atoms with van der Waals surface area (Å²) in [4.78, 5) is 4.21. The molecule has 0 amide bonds. The van der Waals surface area contributed by atoms with Crippen molar-refractivity contribution in [3.8, 4) is 11.5 Å². The number of nitrogens with zero attached hydrogens (tertiary/aromatic N) is 5. The zero-order chi connectivity index (χ0) is 9.26. The summed E-state index contributed by atoms with van der Waals surface area (Å²) in [6, 6.07) is 0. The summed E-state index contributed by atoms with van der Waals surface area (Å²) >= 11 is 0. The highest BCUT2D eigenvalue weighted by atomic mass is 15.5. The summed E-state index contributed by atoms with van der Waals surface area (Å²) in [5.74, 6) is 0.553. The number of hydrogen-bond donors (Lipinski definition) is 1. The predicted molar refractivity (Wildman–Crippen MR) is 45.8 cm³/mol. The van der Waals surface area contributed by atoms with Gasteiger partial charge in [0, 0.05) is 12.7 Å². The Morgan fingerprint density at radius 2 is 2.38 bits per heavy atom. The first-order valence-electron chi connectivity index (χ1n) is 4.07. The monoisotopic (exact) mass is 178 g/mol. The molecule has 0 fully saturated rings. The zero-order valence-corrected chi connectivity index (χ0v) is 7.52. The lowest BCUT2D eigenvalue weighted by molar-refractivity contribution is 0.833. The number of hydrogen-bond acceptors (Lipinski definition) is 4. The molecule has 0 aromatic carbocycles. The van der Waals surface area contributed by atoms with E-state index in [9.17, 15) is 0 Å². The third-order valence-electron chi connectivity index (χ3n) is 1.95. The molecule has 0 aliphatic heterocycles. The Morgan fingerprint density at radius 3 is 3.00 bits per heavy atom. The van der Waals surface area contributed by atoms with Gasteiger partial charge in [-0.25, -0.2) is 4.98 Å². The highest BCUT2D eigenvalue weighted by Crippen LogP contribution is 2.16. The second kappa shape index (κ2) is 2.96. The SMILES string of the molecule is CCc1c(-c2nn[nH]n2)ncn1C. The number of rotatable bonds is 2. The number of nitrogens with one attached hydrogen (secondary N) is 1. The fraction of sp³-hybridized carbons (Fsp3) is 0.429. The van der Waals surface area contributed by atoms with Crippen LogP contribution < -0.4 is 0 Å². The lowest BCUT2D eigenvalue weighted by Gasteiger charge is -1.98. The van der Waals surface area contributed by atoms with Gasteiger partial charge in [0.25, 0.3) is 0 Å². The molecule has 13 heavy (non-hydrogen) atoms. The molecule has 2 heterocycles. The van der Waals surface area contributed by atoms with Gasteiger partial charge in [-0.2, -0.15) is 5.21 Å². The summed E-state index contributed by atoms with van der Waals surface area (Å²) in [5, 5.41) is 13.7. The van der Waals surface area contributed by atoms with Crippen LogP contribution in [0.25, 0.3) is 11.5 Å². The second-order valence-electron chi connectivity index (χ2n) is 2.74. The molecule has 0 spiro atoms. The van der Waals surface area contributed by atoms with Crippen LogP contribution in [0.15, 0.2) is 6.33 Å². The van der Waals surface area contributed by atoms with E-state index in [1.807, 2.05) is 11.6 Å². The molecule has 0 saturated heterocycles. The molecule has 0 aliphatic carbocycles. The Balaban J connectivity index is 2.52. The Bertz CT molecular complexity index is 387. The van der Waals surface area contributed by atoms with Crippen LogP contribution in [-0.2, 0) is 13.5 Å². The highest BCUT2D eigenvalue weighted by Gasteiger charge is 2.12. The van der Waals surface area contributed by atoms with Crippen LogP contribution in [0.4, 0.5) is 0 Å². The van der Waals surface area contributed by atoms with Gasteiger partial charge < -0.3 is 4.57 Å². The average molecular weight is 178 g/mol. The number of aromatic nitrogens is 6. The van der Waals surface area contributed by atoms with Crippen LogP contribution >= 0.6 is 0 Å². The number of aromatic amines is 1. The maximum atomic E-state index is 4.21. The van der Waals surface area contributed by atoms with Crippen molar-refractivity contribution in [2.75, 3.05) is 0 Å². The van der Waals surface area contributed by atoms with E-state index in [1.165, 1.54) is 0 Å². The van der Waals surface area contributed by atoms with Crippen LogP contribution in [-0.4, -0.2) is 30.2 Å². The van der Waals surface area contributed by atoms with Gasteiger partial charge in [-0.15, -0.1) is 10.2 Å². The molecule has 2 aromatic heterocycles. The van der Waals surface area contributed by atoms with Crippen molar-refractivity contribution in [2.24, 2.45) is 7.05 Å². The molecule has 0 unspecified atom stereocenters. The molecule has 0 atom stereocenters. The number of aryl methyl sites for hydroxylation is 1. The van der Waals surface area contributed by atoms with Crippen molar-refractivity contribution in [3.05, 3.63) is 12.0 Å². The van der Waals surface area contributed by atoms with Gasteiger partial charge in [0.1, 0.15) is 5.69 Å². The van der Waals surface area contributed by atoms with Crippen LogP contribution in [0.5, 0.6) is 0 Å². The summed E-state index contributed by atoms with van der Waals surface area (Å²) in [6.07, 6.45) is 2.66. The number of H-pyrrole nitrogens is 1. The van der Waals surface area contributed by atoms with Crippen LogP contribution in [0, 0.1) is 0 Å². The first-order chi connectivity index (χ1) is 6.33. The van der Waals surface area contributed by atoms with E-state index in [1.54, 1.807) is 6.33 Å². The maximum Gasteiger partial charge on any atom is 0.224 e. The van der Waals surface area contributed by atoms with Gasteiger partial charge in [0.15, 0.2) is 0 Å². The lowest BCUT2D eigenvalue weighted by Crippen LogP contribution is -1.95. The highest BCUT2D eigenvalue weighted by molar-refractivity contribution is 5.51. The van der Waals surface area contributed by atoms with E-state index >= 15 is 0 Å². The van der Waals surface area contributed by atoms with Crippen molar-refractivity contribution >= 4 is 0 Å². The quantitative estimate of drug-likeness (QED) is 0.711. The zero-order valence-electron chi connectivity index (χ0n) is 7.52. The Morgan fingerprint density at radius 1 is 1.54 bits per heavy atom. The van der Waals surface area contributed by atoms with E-state index < -0.39 is 0 Å². The summed E-state index contributed by atoms with van der Waals surface area (Å²) in [6.45, 7) is 2.07. The van der Waals surface area contributed by atoms with E-state index in [2.05, 4.69) is 32.5 Å². The van der Waals surface area contributed by atoms with Crippen molar-refractivity contribution in [1.29, 1.82) is 0 Å². The first kappa shape index (κ1) is 7.90. The van der Waals surface area contributed by atoms with Crippen LogP contribution in [0.1, 0.15) is 12.6 Å². The second-order valence-corrected chi connectivity index (χ2v) is 2.74. The van der Waals surface area contributed by atoms with E-state index in [0.29, 0.717) is 5.82 Å². The minimum absolute atomic E-state index is 0.553. The van der Waals surface area contributed by atoms with E-state index in [0.717, 1.165) is 17.8 Å². The minimum atomic E-state index is 0.553. The Labute approximate surface area is 75.0 Å². The van der Waals surface area contributed by atoms with Crippen molar-refractivity contribution in [3.63, 3.8) is 0 Å². The normalized spacial score (nSPS) is 10.6. The Kier molecular flexibility index (Phi) is 1.80. The first-order valence-corrected chi connectivity index (χ1v) is 4.07. The Hall–Kier alpha value is -1.72. The van der Waals surface area contributed by atoms with Crippen molar-refractivity contribution < 1.29 is 0 Å². The van der Waals surface area contributed by atoms with Crippen molar-refractivity contribution in [2.45, 2.75) is 13.3 Å². The maximum absolute atomic E-state index is 4.21. The standard InChI is InChI=1S/C7H10N6/c1-3-5-6(8-4-13(5)2)7-9-11-12-10-7/h4H,3H2,1-2H3,(H,9,10,11,12). The molecule has 6 nitrogen and oxygen atoms in total. The largest absolute Gasteiger partial charge is 0.337 e. The van der Waals surface area contributed by atoms with Gasteiger partial charge in [0.2, 0.25) is 5.82 Å². The van der Waals surface area contributed by atoms with Gasteiger partial charge in [0.05, 0.1) is 6.33 Å². The summed E-state index contributed by atoms with van der Waals surface area (Å²) in [7, 11) is 1.95. The van der Waals surface area contributed by atoms with E-state index in [4.69, 9.17) is 0 Å². The third-order valence-corrected chi connectivity index (χ3v) is 1.95. The molecule has 0 saturated carbocycles. The lowest BCUT2D eigenvalue weighted by atomic mass is 10.2. The van der Waals surface area contributed by atoms with Gasteiger partial charge in [-0.3, -0.25) is 0 Å². The van der Waals surface area contributed by atoms with Crippen LogP contribution in [0.3, 0.4) is 0 Å². The summed E-state index contributed by atoms with van der Waals surface area (Å²) < 4.78 is 1.96. The van der Waals surface area contributed by atoms with Crippen LogP contribution in [0.2, 0.25) is 0 Å². The topological polar surface area (TPSA) is 72.3 Å².